The third kappa shape index (κ3) is 4.75. The van der Waals surface area contributed by atoms with Gasteiger partial charge in [-0.1, -0.05) is 35.5 Å². The van der Waals surface area contributed by atoms with Crippen molar-refractivity contribution in [3.8, 4) is 11.4 Å². The molecule has 1 N–H and O–H groups in total. The number of halogens is 5. The third-order valence-electron chi connectivity index (χ3n) is 4.89. The number of alkyl halides is 3. The molecule has 11 heteroatoms. The molecular weight excluding hydrogens is 468 g/mol. The largest absolute Gasteiger partial charge is 0.416 e. The van der Waals surface area contributed by atoms with Gasteiger partial charge in [0.05, 0.1) is 27.1 Å². The molecule has 3 aromatic rings. The molecule has 1 atom stereocenters. The molecule has 1 unspecified atom stereocenters. The van der Waals surface area contributed by atoms with Crippen LogP contribution in [0.15, 0.2) is 47.6 Å². The fourth-order valence-corrected chi connectivity index (χ4v) is 4.17. The Hall–Kier alpha value is -2.59. The summed E-state index contributed by atoms with van der Waals surface area (Å²) in [5.74, 6) is -0.598. The Morgan fingerprint density at radius 2 is 1.94 bits per heavy atom. The molecule has 1 aromatic heterocycles. The van der Waals surface area contributed by atoms with E-state index in [1.54, 1.807) is 25.1 Å². The Morgan fingerprint density at radius 3 is 2.59 bits per heavy atom. The summed E-state index contributed by atoms with van der Waals surface area (Å²) in [5, 5.41) is 10.4. The van der Waals surface area contributed by atoms with Crippen molar-refractivity contribution in [2.75, 3.05) is 5.32 Å². The van der Waals surface area contributed by atoms with Gasteiger partial charge in [0.15, 0.2) is 11.0 Å². The zero-order valence-corrected chi connectivity index (χ0v) is 18.2. The molecule has 0 spiro atoms. The summed E-state index contributed by atoms with van der Waals surface area (Å²) >= 11 is 7.06. The zero-order valence-electron chi connectivity index (χ0n) is 16.7. The number of hydrogen-bond donors (Lipinski definition) is 1. The number of amides is 1. The first kappa shape index (κ1) is 22.6. The molecular formula is C21H17ClF4N4OS. The van der Waals surface area contributed by atoms with Crippen molar-refractivity contribution in [1.82, 2.24) is 14.8 Å². The second-order valence-corrected chi connectivity index (χ2v) is 9.04. The van der Waals surface area contributed by atoms with Gasteiger partial charge < -0.3 is 5.32 Å². The highest BCUT2D eigenvalue weighted by Gasteiger charge is 2.33. The molecule has 5 nitrogen and oxygen atoms in total. The van der Waals surface area contributed by atoms with Crippen LogP contribution < -0.4 is 5.32 Å². The standard InChI is InChI=1S/C21H17ClF4N4OS/c1-11(19(31)27-17-10-12(21(24,25)26)6-9-15(17)22)32-20-29-28-18(30(20)13-7-8-13)14-4-2-3-5-16(14)23/h2-6,9-11,13H,7-8H2,1H3,(H,27,31). The first-order chi connectivity index (χ1) is 15.1. The van der Waals surface area contributed by atoms with Crippen LogP contribution in [0.5, 0.6) is 0 Å². The smallest absolute Gasteiger partial charge is 0.324 e. The highest BCUT2D eigenvalue weighted by Crippen LogP contribution is 2.42. The average Bonchev–Trinajstić information content (AvgIpc) is 3.49. The molecule has 0 radical (unpaired) electrons. The van der Waals surface area contributed by atoms with Gasteiger partial charge in [0.1, 0.15) is 5.82 Å². The van der Waals surface area contributed by atoms with Crippen molar-refractivity contribution >= 4 is 35.0 Å². The quantitative estimate of drug-likeness (QED) is 0.334. The van der Waals surface area contributed by atoms with Crippen molar-refractivity contribution in [3.05, 3.63) is 58.9 Å². The van der Waals surface area contributed by atoms with Crippen LogP contribution in [0.1, 0.15) is 31.4 Å². The Balaban J connectivity index is 1.54. The lowest BCUT2D eigenvalue weighted by molar-refractivity contribution is -0.137. The van der Waals surface area contributed by atoms with Crippen LogP contribution in [0.25, 0.3) is 11.4 Å². The SMILES string of the molecule is CC(Sc1nnc(-c2ccccc2F)n1C1CC1)C(=O)Nc1cc(C(F)(F)F)ccc1Cl. The third-order valence-corrected chi connectivity index (χ3v) is 6.28. The lowest BCUT2D eigenvalue weighted by atomic mass is 10.2. The molecule has 0 bridgehead atoms. The Kier molecular flexibility index (Phi) is 6.17. The number of carbonyl (C=O) groups is 1. The number of carbonyl (C=O) groups excluding carboxylic acids is 1. The number of benzene rings is 2. The monoisotopic (exact) mass is 484 g/mol. The number of aromatic nitrogens is 3. The van der Waals surface area contributed by atoms with Gasteiger partial charge in [-0.05, 0) is 50.1 Å². The highest BCUT2D eigenvalue weighted by molar-refractivity contribution is 8.00. The molecule has 1 saturated carbocycles. The van der Waals surface area contributed by atoms with Crippen molar-refractivity contribution in [2.45, 2.75) is 42.4 Å². The maximum absolute atomic E-state index is 14.3. The molecule has 1 amide bonds. The van der Waals surface area contributed by atoms with Crippen LogP contribution >= 0.6 is 23.4 Å². The highest BCUT2D eigenvalue weighted by atomic mass is 35.5. The van der Waals surface area contributed by atoms with Crippen molar-refractivity contribution in [3.63, 3.8) is 0 Å². The van der Waals surface area contributed by atoms with E-state index >= 15 is 0 Å². The number of anilines is 1. The van der Waals surface area contributed by atoms with E-state index in [1.807, 2.05) is 4.57 Å². The molecule has 0 saturated heterocycles. The fraction of sp³-hybridized carbons (Fsp3) is 0.286. The molecule has 1 aliphatic carbocycles. The van der Waals surface area contributed by atoms with E-state index in [4.69, 9.17) is 11.6 Å². The van der Waals surface area contributed by atoms with Gasteiger partial charge in [0.25, 0.3) is 0 Å². The zero-order chi connectivity index (χ0) is 23.0. The second-order valence-electron chi connectivity index (χ2n) is 7.33. The number of nitrogens with one attached hydrogen (secondary N) is 1. The van der Waals surface area contributed by atoms with Crippen LogP contribution in [0.3, 0.4) is 0 Å². The van der Waals surface area contributed by atoms with Crippen molar-refractivity contribution < 1.29 is 22.4 Å². The fourth-order valence-electron chi connectivity index (χ4n) is 3.09. The first-order valence-electron chi connectivity index (χ1n) is 9.69. The van der Waals surface area contributed by atoms with Gasteiger partial charge in [0, 0.05) is 6.04 Å². The number of thioether (sulfide) groups is 1. The minimum atomic E-state index is -4.56. The van der Waals surface area contributed by atoms with E-state index in [0.29, 0.717) is 16.5 Å². The van der Waals surface area contributed by atoms with E-state index in [0.717, 1.165) is 42.8 Å². The van der Waals surface area contributed by atoms with E-state index in [-0.39, 0.29) is 16.8 Å². The summed E-state index contributed by atoms with van der Waals surface area (Å²) < 4.78 is 55.0. The molecule has 2 aromatic carbocycles. The molecule has 1 heterocycles. The molecule has 168 valence electrons. The Bertz CT molecular complexity index is 1160. The van der Waals surface area contributed by atoms with E-state index in [9.17, 15) is 22.4 Å². The van der Waals surface area contributed by atoms with Crippen LogP contribution in [0.2, 0.25) is 5.02 Å². The normalized spacial score (nSPS) is 14.9. The van der Waals surface area contributed by atoms with Gasteiger partial charge in [-0.2, -0.15) is 13.2 Å². The van der Waals surface area contributed by atoms with Gasteiger partial charge in [0.2, 0.25) is 5.91 Å². The topological polar surface area (TPSA) is 59.8 Å². The van der Waals surface area contributed by atoms with Crippen LogP contribution in [-0.4, -0.2) is 25.9 Å². The summed E-state index contributed by atoms with van der Waals surface area (Å²) in [6.45, 7) is 1.59. The van der Waals surface area contributed by atoms with E-state index < -0.39 is 28.7 Å². The van der Waals surface area contributed by atoms with E-state index in [2.05, 4.69) is 15.5 Å². The van der Waals surface area contributed by atoms with Gasteiger partial charge in [-0.25, -0.2) is 4.39 Å². The maximum atomic E-state index is 14.3. The molecule has 1 fully saturated rings. The number of nitrogens with zero attached hydrogens (tertiary/aromatic N) is 3. The Morgan fingerprint density at radius 1 is 1.22 bits per heavy atom. The predicted molar refractivity (Wildman–Crippen MR) is 114 cm³/mol. The number of hydrogen-bond acceptors (Lipinski definition) is 4. The summed E-state index contributed by atoms with van der Waals surface area (Å²) in [7, 11) is 0. The van der Waals surface area contributed by atoms with Gasteiger partial charge in [-0.15, -0.1) is 10.2 Å². The molecule has 4 rings (SSSR count). The van der Waals surface area contributed by atoms with Crippen LogP contribution in [0, 0.1) is 5.82 Å². The van der Waals surface area contributed by atoms with Crippen molar-refractivity contribution in [2.24, 2.45) is 0 Å². The minimum absolute atomic E-state index is 0.00784. The summed E-state index contributed by atoms with van der Waals surface area (Å²) in [6, 6.07) is 9.06. The van der Waals surface area contributed by atoms with E-state index in [1.165, 1.54) is 6.07 Å². The lowest BCUT2D eigenvalue weighted by Gasteiger charge is -2.15. The van der Waals surface area contributed by atoms with Gasteiger partial charge >= 0.3 is 6.18 Å². The molecule has 1 aliphatic rings. The van der Waals surface area contributed by atoms with Gasteiger partial charge in [-0.3, -0.25) is 9.36 Å². The summed E-state index contributed by atoms with van der Waals surface area (Å²) in [6.07, 6.45) is -2.80. The lowest BCUT2D eigenvalue weighted by Crippen LogP contribution is -2.23. The number of rotatable bonds is 6. The molecule has 32 heavy (non-hydrogen) atoms. The van der Waals surface area contributed by atoms with Crippen LogP contribution in [-0.2, 0) is 11.0 Å². The molecule has 0 aliphatic heterocycles. The summed E-state index contributed by atoms with van der Waals surface area (Å²) in [5.41, 5.74) is -0.734. The van der Waals surface area contributed by atoms with Crippen molar-refractivity contribution in [1.29, 1.82) is 0 Å². The first-order valence-corrected chi connectivity index (χ1v) is 10.9. The minimum Gasteiger partial charge on any atom is -0.324 e. The maximum Gasteiger partial charge on any atom is 0.416 e. The Labute approximate surface area is 190 Å². The summed E-state index contributed by atoms with van der Waals surface area (Å²) in [4.78, 5) is 12.7. The average molecular weight is 485 g/mol. The predicted octanol–water partition coefficient (Wildman–Crippen LogP) is 6.21. The van der Waals surface area contributed by atoms with Crippen LogP contribution in [0.4, 0.5) is 23.2 Å². The second kappa shape index (κ2) is 8.74.